The molecule has 3 aromatic rings. The Morgan fingerprint density at radius 3 is 2.58 bits per heavy atom. The fourth-order valence-corrected chi connectivity index (χ4v) is 3.43. The van der Waals surface area contributed by atoms with Gasteiger partial charge in [-0.25, -0.2) is 0 Å². The lowest BCUT2D eigenvalue weighted by Crippen LogP contribution is -2.38. The van der Waals surface area contributed by atoms with Gasteiger partial charge in [0.15, 0.2) is 0 Å². The van der Waals surface area contributed by atoms with E-state index in [0.29, 0.717) is 13.1 Å². The maximum absolute atomic E-state index is 12.9. The van der Waals surface area contributed by atoms with Crippen LogP contribution >= 0.6 is 0 Å². The summed E-state index contributed by atoms with van der Waals surface area (Å²) in [4.78, 5) is 14.8. The second kappa shape index (κ2) is 5.96. The first kappa shape index (κ1) is 14.7. The third kappa shape index (κ3) is 2.60. The maximum atomic E-state index is 12.9. The molecular weight excluding hydrogens is 298 g/mol. The van der Waals surface area contributed by atoms with E-state index in [2.05, 4.69) is 23.3 Å². The Bertz CT molecular complexity index is 869. The molecule has 2 aromatic carbocycles. The van der Waals surface area contributed by atoms with Crippen LogP contribution in [0.5, 0.6) is 0 Å². The summed E-state index contributed by atoms with van der Waals surface area (Å²) in [5, 5.41) is 4.31. The molecule has 0 aliphatic carbocycles. The van der Waals surface area contributed by atoms with Crippen LogP contribution in [0.15, 0.2) is 67.0 Å². The number of benzene rings is 2. The molecule has 0 spiro atoms. The molecule has 0 N–H and O–H groups in total. The van der Waals surface area contributed by atoms with Gasteiger partial charge in [-0.2, -0.15) is 5.10 Å². The number of carbonyl (C=O) groups is 1. The molecule has 1 aromatic heterocycles. The van der Waals surface area contributed by atoms with E-state index in [1.807, 2.05) is 65.4 Å². The van der Waals surface area contributed by atoms with Crippen LogP contribution in [0, 0.1) is 0 Å². The van der Waals surface area contributed by atoms with Crippen molar-refractivity contribution in [3.05, 3.63) is 89.2 Å². The van der Waals surface area contributed by atoms with Gasteiger partial charge in [0.25, 0.3) is 5.91 Å². The van der Waals surface area contributed by atoms with Crippen LogP contribution in [-0.2, 0) is 13.6 Å². The standard InChI is InChI=1S/C20H19N3O/c1-22-12-17(11-21-22)19-14-23(13-16-9-5-6-10-18(16)19)20(24)15-7-3-2-4-8-15/h2-12,19H,13-14H2,1H3. The van der Waals surface area contributed by atoms with Crippen LogP contribution in [0.1, 0.15) is 33.0 Å². The molecule has 1 amide bonds. The lowest BCUT2D eigenvalue weighted by atomic mass is 9.86. The second-order valence-corrected chi connectivity index (χ2v) is 6.25. The predicted octanol–water partition coefficient (Wildman–Crippen LogP) is 3.21. The molecule has 4 rings (SSSR count). The zero-order chi connectivity index (χ0) is 16.5. The molecule has 2 heterocycles. The summed E-state index contributed by atoms with van der Waals surface area (Å²) < 4.78 is 1.82. The number of nitrogens with zero attached hydrogens (tertiary/aromatic N) is 3. The summed E-state index contributed by atoms with van der Waals surface area (Å²) in [6.45, 7) is 1.33. The van der Waals surface area contributed by atoms with E-state index in [0.717, 1.165) is 11.1 Å². The molecule has 0 radical (unpaired) electrons. The summed E-state index contributed by atoms with van der Waals surface area (Å²) in [6.07, 6.45) is 3.94. The smallest absolute Gasteiger partial charge is 0.254 e. The first-order chi connectivity index (χ1) is 11.7. The highest BCUT2D eigenvalue weighted by Crippen LogP contribution is 2.33. The fraction of sp³-hybridized carbons (Fsp3) is 0.200. The van der Waals surface area contributed by atoms with Gasteiger partial charge in [0.05, 0.1) is 6.20 Å². The minimum Gasteiger partial charge on any atom is -0.333 e. The fourth-order valence-electron chi connectivity index (χ4n) is 3.43. The summed E-state index contributed by atoms with van der Waals surface area (Å²) in [5.74, 6) is 0.246. The zero-order valence-electron chi connectivity index (χ0n) is 13.6. The molecule has 4 nitrogen and oxygen atoms in total. The number of hydrogen-bond acceptors (Lipinski definition) is 2. The van der Waals surface area contributed by atoms with Crippen molar-refractivity contribution in [2.24, 2.45) is 7.05 Å². The van der Waals surface area contributed by atoms with E-state index in [-0.39, 0.29) is 11.8 Å². The Hall–Kier alpha value is -2.88. The van der Waals surface area contributed by atoms with Crippen molar-refractivity contribution < 1.29 is 4.79 Å². The average Bonchev–Trinajstić information content (AvgIpc) is 3.07. The van der Waals surface area contributed by atoms with E-state index in [1.54, 1.807) is 0 Å². The van der Waals surface area contributed by atoms with Crippen molar-refractivity contribution >= 4 is 5.91 Å². The van der Waals surface area contributed by atoms with E-state index in [9.17, 15) is 4.79 Å². The number of carbonyl (C=O) groups excluding carboxylic acids is 1. The molecule has 0 saturated heterocycles. The molecule has 4 heteroatoms. The zero-order valence-corrected chi connectivity index (χ0v) is 13.6. The Morgan fingerprint density at radius 1 is 1.08 bits per heavy atom. The molecule has 0 bridgehead atoms. The molecular formula is C20H19N3O. The Kier molecular flexibility index (Phi) is 3.65. The molecule has 1 atom stereocenters. The second-order valence-electron chi connectivity index (χ2n) is 6.25. The SMILES string of the molecule is Cn1cc(C2CN(C(=O)c3ccccc3)Cc3ccccc32)cn1. The van der Waals surface area contributed by atoms with Gasteiger partial charge in [-0.05, 0) is 28.8 Å². The van der Waals surface area contributed by atoms with Crippen LogP contribution in [0.4, 0.5) is 0 Å². The number of fused-ring (bicyclic) bond motifs is 1. The minimum absolute atomic E-state index is 0.0824. The monoisotopic (exact) mass is 317 g/mol. The highest BCUT2D eigenvalue weighted by Gasteiger charge is 2.30. The molecule has 24 heavy (non-hydrogen) atoms. The molecule has 120 valence electrons. The number of hydrogen-bond donors (Lipinski definition) is 0. The quantitative estimate of drug-likeness (QED) is 0.728. The largest absolute Gasteiger partial charge is 0.333 e. The van der Waals surface area contributed by atoms with E-state index < -0.39 is 0 Å². The van der Waals surface area contributed by atoms with Crippen LogP contribution in [0.25, 0.3) is 0 Å². The van der Waals surface area contributed by atoms with Crippen molar-refractivity contribution in [1.82, 2.24) is 14.7 Å². The Balaban J connectivity index is 1.71. The van der Waals surface area contributed by atoms with Crippen LogP contribution in [-0.4, -0.2) is 27.1 Å². The predicted molar refractivity (Wildman–Crippen MR) is 92.7 cm³/mol. The third-order valence-corrected chi connectivity index (χ3v) is 4.63. The Labute approximate surface area is 141 Å². The summed E-state index contributed by atoms with van der Waals surface area (Å²) in [6, 6.07) is 17.9. The van der Waals surface area contributed by atoms with Crippen molar-refractivity contribution in [3.8, 4) is 0 Å². The van der Waals surface area contributed by atoms with Crippen molar-refractivity contribution in [2.75, 3.05) is 6.54 Å². The molecule has 0 fully saturated rings. The van der Waals surface area contributed by atoms with Crippen molar-refractivity contribution in [3.63, 3.8) is 0 Å². The van der Waals surface area contributed by atoms with Gasteiger partial charge in [-0.1, -0.05) is 42.5 Å². The van der Waals surface area contributed by atoms with Crippen LogP contribution in [0.3, 0.4) is 0 Å². The van der Waals surface area contributed by atoms with Gasteiger partial charge in [0.2, 0.25) is 0 Å². The summed E-state index contributed by atoms with van der Waals surface area (Å²) in [5.41, 5.74) is 4.39. The van der Waals surface area contributed by atoms with Crippen molar-refractivity contribution in [2.45, 2.75) is 12.5 Å². The highest BCUT2D eigenvalue weighted by molar-refractivity contribution is 5.94. The van der Waals surface area contributed by atoms with Gasteiger partial charge in [-0.3, -0.25) is 9.48 Å². The maximum Gasteiger partial charge on any atom is 0.254 e. The van der Waals surface area contributed by atoms with Gasteiger partial charge in [0.1, 0.15) is 0 Å². The van der Waals surface area contributed by atoms with Gasteiger partial charge >= 0.3 is 0 Å². The first-order valence-corrected chi connectivity index (χ1v) is 8.13. The lowest BCUT2D eigenvalue weighted by molar-refractivity contribution is 0.0725. The average molecular weight is 317 g/mol. The molecule has 0 saturated carbocycles. The molecule has 1 aliphatic rings. The number of aromatic nitrogens is 2. The molecule has 1 aliphatic heterocycles. The topological polar surface area (TPSA) is 38.1 Å². The van der Waals surface area contributed by atoms with Crippen LogP contribution < -0.4 is 0 Å². The summed E-state index contributed by atoms with van der Waals surface area (Å²) >= 11 is 0. The molecule has 1 unspecified atom stereocenters. The highest BCUT2D eigenvalue weighted by atomic mass is 16.2. The van der Waals surface area contributed by atoms with Gasteiger partial charge < -0.3 is 4.90 Å². The number of amides is 1. The van der Waals surface area contributed by atoms with E-state index in [1.165, 1.54) is 11.1 Å². The van der Waals surface area contributed by atoms with Gasteiger partial charge in [0, 0.05) is 37.8 Å². The van der Waals surface area contributed by atoms with Crippen molar-refractivity contribution in [1.29, 1.82) is 0 Å². The summed E-state index contributed by atoms with van der Waals surface area (Å²) in [7, 11) is 1.92. The minimum atomic E-state index is 0.0824. The Morgan fingerprint density at radius 2 is 1.83 bits per heavy atom. The van der Waals surface area contributed by atoms with Crippen LogP contribution in [0.2, 0.25) is 0 Å². The number of rotatable bonds is 2. The number of aryl methyl sites for hydroxylation is 1. The van der Waals surface area contributed by atoms with E-state index >= 15 is 0 Å². The van der Waals surface area contributed by atoms with E-state index in [4.69, 9.17) is 0 Å². The van der Waals surface area contributed by atoms with Gasteiger partial charge in [-0.15, -0.1) is 0 Å². The third-order valence-electron chi connectivity index (χ3n) is 4.63. The lowest BCUT2D eigenvalue weighted by Gasteiger charge is -2.34. The normalized spacial score (nSPS) is 16.7. The first-order valence-electron chi connectivity index (χ1n) is 8.13.